The molecule has 3 N–H and O–H groups in total. The fourth-order valence-corrected chi connectivity index (χ4v) is 1.79. The zero-order valence-electron chi connectivity index (χ0n) is 10.9. The van der Waals surface area contributed by atoms with Gasteiger partial charge in [0.1, 0.15) is 5.69 Å². The van der Waals surface area contributed by atoms with E-state index in [0.717, 1.165) is 12.8 Å². The second kappa shape index (κ2) is 6.27. The molecule has 17 heavy (non-hydrogen) atoms. The van der Waals surface area contributed by atoms with Crippen molar-refractivity contribution in [2.24, 2.45) is 5.92 Å². The molecular weight excluding hydrogens is 216 g/mol. The summed E-state index contributed by atoms with van der Waals surface area (Å²) in [5, 5.41) is 6.98. The van der Waals surface area contributed by atoms with Crippen LogP contribution < -0.4 is 11.1 Å². The van der Waals surface area contributed by atoms with Crippen LogP contribution in [0.25, 0.3) is 0 Å². The van der Waals surface area contributed by atoms with Gasteiger partial charge in [0.05, 0.1) is 11.9 Å². The Balaban J connectivity index is 2.66. The molecule has 0 aliphatic rings. The van der Waals surface area contributed by atoms with Crippen molar-refractivity contribution < 1.29 is 4.79 Å². The SMILES string of the molecule is CCC(CC)CNC(=O)c1c(N)cnn1CC. The van der Waals surface area contributed by atoms with E-state index in [-0.39, 0.29) is 5.91 Å². The lowest BCUT2D eigenvalue weighted by Gasteiger charge is -2.13. The van der Waals surface area contributed by atoms with E-state index in [0.29, 0.717) is 30.4 Å². The number of carbonyl (C=O) groups excluding carboxylic acids is 1. The molecule has 0 bridgehead atoms. The van der Waals surface area contributed by atoms with Crippen molar-refractivity contribution in [2.75, 3.05) is 12.3 Å². The molecule has 1 rings (SSSR count). The summed E-state index contributed by atoms with van der Waals surface area (Å²) in [6.45, 7) is 7.53. The first-order chi connectivity index (χ1) is 8.13. The van der Waals surface area contributed by atoms with Crippen LogP contribution in [0.5, 0.6) is 0 Å². The van der Waals surface area contributed by atoms with Gasteiger partial charge in [-0.05, 0) is 12.8 Å². The van der Waals surface area contributed by atoms with Crippen molar-refractivity contribution in [3.63, 3.8) is 0 Å². The van der Waals surface area contributed by atoms with E-state index in [2.05, 4.69) is 24.3 Å². The van der Waals surface area contributed by atoms with Crippen molar-refractivity contribution in [3.05, 3.63) is 11.9 Å². The molecule has 0 spiro atoms. The second-order valence-electron chi connectivity index (χ2n) is 4.16. The second-order valence-corrected chi connectivity index (χ2v) is 4.16. The Hall–Kier alpha value is -1.52. The Labute approximate surface area is 102 Å². The summed E-state index contributed by atoms with van der Waals surface area (Å²) >= 11 is 0. The highest BCUT2D eigenvalue weighted by molar-refractivity contribution is 5.97. The third-order valence-corrected chi connectivity index (χ3v) is 3.09. The number of aromatic nitrogens is 2. The van der Waals surface area contributed by atoms with Gasteiger partial charge in [-0.15, -0.1) is 0 Å². The standard InChI is InChI=1S/C12H22N4O/c1-4-9(5-2)7-14-12(17)11-10(13)8-15-16(11)6-3/h8-9H,4-7,13H2,1-3H3,(H,14,17). The Morgan fingerprint density at radius 1 is 1.47 bits per heavy atom. The molecule has 0 aliphatic heterocycles. The van der Waals surface area contributed by atoms with Gasteiger partial charge in [0, 0.05) is 13.1 Å². The summed E-state index contributed by atoms with van der Waals surface area (Å²) in [5.41, 5.74) is 6.65. The summed E-state index contributed by atoms with van der Waals surface area (Å²) in [6.07, 6.45) is 3.66. The minimum absolute atomic E-state index is 0.131. The lowest BCUT2D eigenvalue weighted by molar-refractivity contribution is 0.0936. The number of nitrogens with two attached hydrogens (primary N) is 1. The Kier molecular flexibility index (Phi) is 5.00. The highest BCUT2D eigenvalue weighted by Gasteiger charge is 2.16. The zero-order chi connectivity index (χ0) is 12.8. The number of carbonyl (C=O) groups is 1. The van der Waals surface area contributed by atoms with Gasteiger partial charge in [0.25, 0.3) is 5.91 Å². The van der Waals surface area contributed by atoms with Crippen molar-refractivity contribution in [1.29, 1.82) is 0 Å². The quantitative estimate of drug-likeness (QED) is 0.791. The molecule has 0 aliphatic carbocycles. The van der Waals surface area contributed by atoms with E-state index >= 15 is 0 Å². The molecule has 0 unspecified atom stereocenters. The van der Waals surface area contributed by atoms with Gasteiger partial charge in [0.2, 0.25) is 0 Å². The number of nitrogen functional groups attached to an aromatic ring is 1. The van der Waals surface area contributed by atoms with Crippen molar-refractivity contribution >= 4 is 11.6 Å². The number of nitrogens with zero attached hydrogens (tertiary/aromatic N) is 2. The maximum absolute atomic E-state index is 12.0. The number of rotatable bonds is 6. The van der Waals surface area contributed by atoms with Gasteiger partial charge < -0.3 is 11.1 Å². The van der Waals surface area contributed by atoms with Crippen LogP contribution in [-0.2, 0) is 6.54 Å². The number of nitrogens with one attached hydrogen (secondary N) is 1. The fourth-order valence-electron chi connectivity index (χ4n) is 1.79. The third kappa shape index (κ3) is 3.22. The van der Waals surface area contributed by atoms with E-state index in [9.17, 15) is 4.79 Å². The van der Waals surface area contributed by atoms with Crippen LogP contribution in [0.4, 0.5) is 5.69 Å². The van der Waals surface area contributed by atoms with Crippen LogP contribution in [-0.4, -0.2) is 22.2 Å². The van der Waals surface area contributed by atoms with Crippen molar-refractivity contribution in [2.45, 2.75) is 40.2 Å². The van der Waals surface area contributed by atoms with Crippen LogP contribution in [0.1, 0.15) is 44.1 Å². The van der Waals surface area contributed by atoms with Gasteiger partial charge in [-0.2, -0.15) is 5.10 Å². The largest absolute Gasteiger partial charge is 0.396 e. The smallest absolute Gasteiger partial charge is 0.271 e. The maximum Gasteiger partial charge on any atom is 0.271 e. The Bertz CT molecular complexity index is 369. The molecule has 0 fully saturated rings. The van der Waals surface area contributed by atoms with E-state index in [1.165, 1.54) is 6.20 Å². The van der Waals surface area contributed by atoms with Gasteiger partial charge in [-0.1, -0.05) is 26.7 Å². The average Bonchev–Trinajstić information content (AvgIpc) is 2.71. The maximum atomic E-state index is 12.0. The Morgan fingerprint density at radius 3 is 2.65 bits per heavy atom. The minimum atomic E-state index is -0.131. The first-order valence-electron chi connectivity index (χ1n) is 6.23. The fraction of sp³-hybridized carbons (Fsp3) is 0.667. The molecule has 96 valence electrons. The van der Waals surface area contributed by atoms with E-state index in [4.69, 9.17) is 5.73 Å². The first-order valence-corrected chi connectivity index (χ1v) is 6.23. The normalized spacial score (nSPS) is 10.8. The molecule has 0 saturated heterocycles. The molecule has 0 saturated carbocycles. The first kappa shape index (κ1) is 13.5. The summed E-state index contributed by atoms with van der Waals surface area (Å²) < 4.78 is 1.62. The summed E-state index contributed by atoms with van der Waals surface area (Å²) in [6, 6.07) is 0. The van der Waals surface area contributed by atoms with Crippen LogP contribution in [0.3, 0.4) is 0 Å². The van der Waals surface area contributed by atoms with E-state index < -0.39 is 0 Å². The topological polar surface area (TPSA) is 72.9 Å². The highest BCUT2D eigenvalue weighted by Crippen LogP contribution is 2.11. The van der Waals surface area contributed by atoms with Crippen LogP contribution in [0.2, 0.25) is 0 Å². The minimum Gasteiger partial charge on any atom is -0.396 e. The van der Waals surface area contributed by atoms with Crippen molar-refractivity contribution in [3.8, 4) is 0 Å². The number of hydrogen-bond acceptors (Lipinski definition) is 3. The number of anilines is 1. The average molecular weight is 238 g/mol. The zero-order valence-corrected chi connectivity index (χ0v) is 10.9. The summed E-state index contributed by atoms with van der Waals surface area (Å²) in [7, 11) is 0. The summed E-state index contributed by atoms with van der Waals surface area (Å²) in [5.74, 6) is 0.395. The van der Waals surface area contributed by atoms with Gasteiger partial charge in [-0.3, -0.25) is 9.48 Å². The van der Waals surface area contributed by atoms with E-state index in [1.54, 1.807) is 4.68 Å². The molecule has 0 radical (unpaired) electrons. The van der Waals surface area contributed by atoms with Crippen molar-refractivity contribution in [1.82, 2.24) is 15.1 Å². The van der Waals surface area contributed by atoms with Crippen LogP contribution >= 0.6 is 0 Å². The lowest BCUT2D eigenvalue weighted by atomic mass is 10.0. The van der Waals surface area contributed by atoms with Crippen LogP contribution in [0.15, 0.2) is 6.20 Å². The molecule has 1 aromatic heterocycles. The molecule has 1 amide bonds. The predicted octanol–water partition coefficient (Wildman–Crippen LogP) is 1.65. The molecule has 0 atom stereocenters. The third-order valence-electron chi connectivity index (χ3n) is 3.09. The number of hydrogen-bond donors (Lipinski definition) is 2. The van der Waals surface area contributed by atoms with E-state index in [1.807, 2.05) is 6.92 Å². The molecule has 5 heteroatoms. The van der Waals surface area contributed by atoms with Crippen LogP contribution in [0, 0.1) is 5.92 Å². The Morgan fingerprint density at radius 2 is 2.12 bits per heavy atom. The van der Waals surface area contributed by atoms with Gasteiger partial charge in [0.15, 0.2) is 0 Å². The van der Waals surface area contributed by atoms with Gasteiger partial charge in [-0.25, -0.2) is 0 Å². The predicted molar refractivity (Wildman–Crippen MR) is 68.7 cm³/mol. The highest BCUT2D eigenvalue weighted by atomic mass is 16.2. The summed E-state index contributed by atoms with van der Waals surface area (Å²) in [4.78, 5) is 12.0. The molecule has 1 heterocycles. The molecular formula is C12H22N4O. The molecule has 5 nitrogen and oxygen atoms in total. The number of aryl methyl sites for hydroxylation is 1. The van der Waals surface area contributed by atoms with Gasteiger partial charge >= 0.3 is 0 Å². The molecule has 1 aromatic rings. The number of amides is 1. The lowest BCUT2D eigenvalue weighted by Crippen LogP contribution is -2.31. The monoisotopic (exact) mass is 238 g/mol. The molecule has 0 aromatic carbocycles.